The molecule has 23 heteroatoms. The van der Waals surface area contributed by atoms with Crippen molar-refractivity contribution in [2.75, 3.05) is 24.7 Å². The van der Waals surface area contributed by atoms with E-state index in [2.05, 4.69) is 30.6 Å². The van der Waals surface area contributed by atoms with Gasteiger partial charge in [-0.1, -0.05) is 10.4 Å². The molecule has 0 aliphatic heterocycles. The van der Waals surface area contributed by atoms with E-state index in [0.29, 0.717) is 50.2 Å². The van der Waals surface area contributed by atoms with Gasteiger partial charge >= 0.3 is 24.3 Å². The molecule has 55 heavy (non-hydrogen) atoms. The number of aliphatic carboxylic acids is 2. The summed E-state index contributed by atoms with van der Waals surface area (Å²) >= 11 is 0. The average molecular weight is 781 g/mol. The zero-order valence-corrected chi connectivity index (χ0v) is 28.1. The van der Waals surface area contributed by atoms with Crippen molar-refractivity contribution in [3.63, 3.8) is 0 Å². The van der Waals surface area contributed by atoms with Gasteiger partial charge in [-0.15, -0.1) is 10.2 Å². The summed E-state index contributed by atoms with van der Waals surface area (Å²) in [7, 11) is 0. The van der Waals surface area contributed by atoms with Gasteiger partial charge in [-0.2, -0.15) is 26.3 Å². The first-order valence-electron chi connectivity index (χ1n) is 15.5. The summed E-state index contributed by atoms with van der Waals surface area (Å²) in [5, 5.41) is 32.8. The maximum absolute atomic E-state index is 10.6. The number of carboxylic acids is 2. The maximum atomic E-state index is 10.6. The Labute approximate surface area is 305 Å². The summed E-state index contributed by atoms with van der Waals surface area (Å²) in [4.78, 5) is 26.4. The Kier molecular flexibility index (Phi) is 13.6. The number of nitrogens with zero attached hydrogens (tertiary/aromatic N) is 8. The van der Waals surface area contributed by atoms with Crippen LogP contribution < -0.4 is 20.9 Å². The molecule has 0 saturated heterocycles. The van der Waals surface area contributed by atoms with Crippen LogP contribution in [0, 0.1) is 0 Å². The minimum Gasteiger partial charge on any atom is -0.487 e. The summed E-state index contributed by atoms with van der Waals surface area (Å²) in [5.41, 5.74) is 14.7. The summed E-state index contributed by atoms with van der Waals surface area (Å²) in [6.45, 7) is 2.12. The highest BCUT2D eigenvalue weighted by Crippen LogP contribution is 2.22. The minimum absolute atomic E-state index is 0.243. The monoisotopic (exact) mass is 780 g/mol. The molecular weight excluding hydrogens is 750 g/mol. The minimum atomic E-state index is -5.08. The number of halogens is 6. The van der Waals surface area contributed by atoms with Crippen molar-refractivity contribution in [3.05, 3.63) is 84.4 Å². The molecule has 0 atom stereocenters. The number of carboxylic acid groups (broad SMARTS) is 2. The molecule has 2 aromatic carbocycles. The summed E-state index contributed by atoms with van der Waals surface area (Å²) < 4.78 is 84.3. The predicted octanol–water partition coefficient (Wildman–Crippen LogP) is 4.27. The third-order valence-corrected chi connectivity index (χ3v) is 6.74. The van der Waals surface area contributed by atoms with Crippen LogP contribution in [0.1, 0.15) is 11.4 Å². The van der Waals surface area contributed by atoms with Crippen molar-refractivity contribution < 1.29 is 60.4 Å². The summed E-state index contributed by atoms with van der Waals surface area (Å²) in [6, 6.07) is 18.7. The van der Waals surface area contributed by atoms with Crippen LogP contribution in [0.2, 0.25) is 0 Å². The van der Waals surface area contributed by atoms with Gasteiger partial charge in [0.25, 0.3) is 0 Å². The van der Waals surface area contributed by atoms with Crippen LogP contribution in [0.15, 0.2) is 73.1 Å². The number of anilines is 2. The molecule has 0 bridgehead atoms. The first kappa shape index (κ1) is 41.0. The SMILES string of the molecule is Nc1ccc2cc(OCc3cn(CCOCCc4cn(COc5ccc6nc(N)ccc6c5)nn4)nn3)ccc2n1.O=C(O)C(F)(F)F.O=C(O)C(F)(F)F. The third-order valence-electron chi connectivity index (χ3n) is 6.74. The number of hydrogen-bond donors (Lipinski definition) is 4. The summed E-state index contributed by atoms with van der Waals surface area (Å²) in [5.74, 6) is -3.10. The van der Waals surface area contributed by atoms with E-state index in [1.54, 1.807) is 21.5 Å². The van der Waals surface area contributed by atoms with Crippen molar-refractivity contribution in [1.82, 2.24) is 40.0 Å². The van der Waals surface area contributed by atoms with Gasteiger partial charge in [0.05, 0.1) is 48.9 Å². The molecule has 6 N–H and O–H groups in total. The van der Waals surface area contributed by atoms with Gasteiger partial charge in [0.2, 0.25) is 0 Å². The molecule has 0 fully saturated rings. The molecule has 4 aromatic heterocycles. The molecule has 0 saturated carbocycles. The number of pyridine rings is 2. The highest BCUT2D eigenvalue weighted by atomic mass is 19.4. The second-order valence-electron chi connectivity index (χ2n) is 10.9. The number of hydrogen-bond acceptors (Lipinski definition) is 13. The number of carbonyl (C=O) groups is 2. The molecule has 0 radical (unpaired) electrons. The van der Waals surface area contributed by atoms with Crippen LogP contribution in [0.25, 0.3) is 21.8 Å². The summed E-state index contributed by atoms with van der Waals surface area (Å²) in [6.07, 6.45) is -5.84. The van der Waals surface area contributed by atoms with Crippen molar-refractivity contribution in [2.45, 2.75) is 38.7 Å². The van der Waals surface area contributed by atoms with Crippen LogP contribution in [0.3, 0.4) is 0 Å². The lowest BCUT2D eigenvalue weighted by atomic mass is 10.2. The largest absolute Gasteiger partial charge is 0.490 e. The first-order valence-corrected chi connectivity index (χ1v) is 15.5. The molecule has 17 nitrogen and oxygen atoms in total. The van der Waals surface area contributed by atoms with E-state index in [1.165, 1.54) is 0 Å². The quantitative estimate of drug-likeness (QED) is 0.100. The molecule has 0 aliphatic rings. The van der Waals surface area contributed by atoms with E-state index in [4.69, 9.17) is 45.5 Å². The molecule has 292 valence electrons. The van der Waals surface area contributed by atoms with E-state index in [9.17, 15) is 26.3 Å². The Morgan fingerprint density at radius 3 is 1.71 bits per heavy atom. The van der Waals surface area contributed by atoms with Crippen LogP contribution in [0.4, 0.5) is 38.0 Å². The lowest BCUT2D eigenvalue weighted by molar-refractivity contribution is -0.193. The highest BCUT2D eigenvalue weighted by Gasteiger charge is 2.38. The number of fused-ring (bicyclic) bond motifs is 2. The normalized spacial score (nSPS) is 11.3. The number of aromatic nitrogens is 8. The fraction of sp³-hybridized carbons (Fsp3) is 0.250. The Morgan fingerprint density at radius 1 is 0.673 bits per heavy atom. The molecule has 0 spiro atoms. The van der Waals surface area contributed by atoms with Gasteiger partial charge in [0, 0.05) is 17.2 Å². The van der Waals surface area contributed by atoms with Crippen LogP contribution >= 0.6 is 0 Å². The van der Waals surface area contributed by atoms with E-state index in [0.717, 1.165) is 38.9 Å². The second-order valence-corrected chi connectivity index (χ2v) is 10.9. The van der Waals surface area contributed by atoms with Crippen LogP contribution in [0.5, 0.6) is 11.5 Å². The highest BCUT2D eigenvalue weighted by molar-refractivity contribution is 5.82. The van der Waals surface area contributed by atoms with E-state index >= 15 is 0 Å². The number of nitrogen functional groups attached to an aromatic ring is 2. The lowest BCUT2D eigenvalue weighted by Crippen LogP contribution is -2.21. The third kappa shape index (κ3) is 13.3. The first-order chi connectivity index (χ1) is 26.0. The average Bonchev–Trinajstić information content (AvgIpc) is 3.79. The van der Waals surface area contributed by atoms with Gasteiger partial charge in [0.15, 0.2) is 6.73 Å². The van der Waals surface area contributed by atoms with Gasteiger partial charge in [-0.25, -0.2) is 28.9 Å². The lowest BCUT2D eigenvalue weighted by Gasteiger charge is -2.07. The zero-order valence-electron chi connectivity index (χ0n) is 28.1. The predicted molar refractivity (Wildman–Crippen MR) is 179 cm³/mol. The number of alkyl halides is 6. The van der Waals surface area contributed by atoms with Gasteiger partial charge in [-0.05, 0) is 60.7 Å². The van der Waals surface area contributed by atoms with Crippen LogP contribution in [-0.2, 0) is 40.6 Å². The van der Waals surface area contributed by atoms with E-state index < -0.39 is 24.3 Å². The van der Waals surface area contributed by atoms with Crippen molar-refractivity contribution in [1.29, 1.82) is 0 Å². The van der Waals surface area contributed by atoms with Gasteiger partial charge in [-0.3, -0.25) is 0 Å². The van der Waals surface area contributed by atoms with Gasteiger partial charge < -0.3 is 35.9 Å². The smallest absolute Gasteiger partial charge is 0.487 e. The van der Waals surface area contributed by atoms with Crippen molar-refractivity contribution in [3.8, 4) is 11.5 Å². The Morgan fingerprint density at radius 2 is 1.16 bits per heavy atom. The van der Waals surface area contributed by atoms with Crippen LogP contribution in [-0.4, -0.2) is 87.7 Å². The standard InChI is InChI=1S/C28H28N10O3.2C2HF3O2/c29-27-7-1-19-13-23(3-5-25(19)31-27)40-17-22-16-37(35-34-22)10-12-39-11-9-21-15-38(36-33-21)18-41-24-4-6-26-20(14-24)2-8-28(30)32-26;2*3-2(4,5)1(6)7/h1-8,13-16H,9-12,17-18H2,(H2,29,31)(H2,30,32);2*(H,6,7). The number of nitrogens with two attached hydrogens (primary N) is 2. The fourth-order valence-electron chi connectivity index (χ4n) is 4.18. The zero-order chi connectivity index (χ0) is 40.2. The van der Waals surface area contributed by atoms with Crippen molar-refractivity contribution in [2.24, 2.45) is 0 Å². The Balaban J connectivity index is 0.000000410. The molecule has 4 heterocycles. The molecule has 0 unspecified atom stereocenters. The van der Waals surface area contributed by atoms with E-state index in [-0.39, 0.29) is 6.73 Å². The Bertz CT molecular complexity index is 2060. The fourth-order valence-corrected chi connectivity index (χ4v) is 4.18. The molecule has 0 aliphatic carbocycles. The Hall–Kier alpha value is -6.78. The number of benzene rings is 2. The number of rotatable bonds is 12. The molecule has 6 rings (SSSR count). The van der Waals surface area contributed by atoms with Gasteiger partial charge in [0.1, 0.15) is 35.4 Å². The molecular formula is C32H30F6N10O7. The number of ether oxygens (including phenoxy) is 3. The molecule has 0 amide bonds. The maximum Gasteiger partial charge on any atom is 0.490 e. The molecule has 6 aromatic rings. The topological polar surface area (TPSA) is 242 Å². The van der Waals surface area contributed by atoms with E-state index in [1.807, 2.05) is 60.9 Å². The van der Waals surface area contributed by atoms with Crippen molar-refractivity contribution >= 4 is 45.4 Å². The second kappa shape index (κ2) is 18.3.